The van der Waals surface area contributed by atoms with E-state index in [4.69, 9.17) is 0 Å². The Balaban J connectivity index is 1.96. The zero-order valence-electron chi connectivity index (χ0n) is 11.8. The van der Waals surface area contributed by atoms with Crippen molar-refractivity contribution in [1.82, 2.24) is 10.3 Å². The van der Waals surface area contributed by atoms with Gasteiger partial charge in [-0.3, -0.25) is 9.78 Å². The molecule has 2 N–H and O–H groups in total. The molecule has 1 amide bonds. The third-order valence-electron chi connectivity index (χ3n) is 3.20. The molecule has 1 heterocycles. The Morgan fingerprint density at radius 2 is 1.95 bits per heavy atom. The van der Waals surface area contributed by atoms with E-state index in [0.717, 1.165) is 11.6 Å². The summed E-state index contributed by atoms with van der Waals surface area (Å²) in [5, 5.41) is 11.9. The fourth-order valence-electron chi connectivity index (χ4n) is 2.10. The fourth-order valence-corrected chi connectivity index (χ4v) is 2.10. The van der Waals surface area contributed by atoms with E-state index in [2.05, 4.69) is 10.3 Å². The molecule has 1 atom stereocenters. The Hall–Kier alpha value is -2.34. The van der Waals surface area contributed by atoms with Gasteiger partial charge in [0.2, 0.25) is 5.91 Å². The van der Waals surface area contributed by atoms with E-state index in [-0.39, 0.29) is 18.6 Å². The van der Waals surface area contributed by atoms with Crippen LogP contribution in [0.5, 0.6) is 0 Å². The maximum absolute atomic E-state index is 13.5. The summed E-state index contributed by atoms with van der Waals surface area (Å²) >= 11 is 0. The van der Waals surface area contributed by atoms with Crippen LogP contribution >= 0.6 is 0 Å². The average molecular weight is 306 g/mol. The molecular weight excluding hydrogens is 290 g/mol. The Kier molecular flexibility index (Phi) is 5.55. The first kappa shape index (κ1) is 16.0. The number of amides is 1. The van der Waals surface area contributed by atoms with Crippen molar-refractivity contribution in [3.8, 4) is 0 Å². The van der Waals surface area contributed by atoms with E-state index < -0.39 is 23.6 Å². The summed E-state index contributed by atoms with van der Waals surface area (Å²) in [6.07, 6.45) is 3.38. The van der Waals surface area contributed by atoms with Crippen LogP contribution in [0.3, 0.4) is 0 Å². The second kappa shape index (κ2) is 7.61. The zero-order valence-corrected chi connectivity index (χ0v) is 11.8. The molecule has 0 aliphatic heterocycles. The molecule has 0 bridgehead atoms. The molecule has 1 aromatic heterocycles. The lowest BCUT2D eigenvalue weighted by atomic mass is 10.1. The van der Waals surface area contributed by atoms with E-state index in [0.29, 0.717) is 6.42 Å². The lowest BCUT2D eigenvalue weighted by Gasteiger charge is -2.16. The van der Waals surface area contributed by atoms with Crippen LogP contribution in [0.25, 0.3) is 0 Å². The van der Waals surface area contributed by atoms with Crippen molar-refractivity contribution >= 4 is 5.91 Å². The van der Waals surface area contributed by atoms with E-state index in [9.17, 15) is 18.7 Å². The minimum Gasteiger partial charge on any atom is -0.394 e. The summed E-state index contributed by atoms with van der Waals surface area (Å²) in [5.74, 6) is -2.48. The second-order valence-corrected chi connectivity index (χ2v) is 4.90. The summed E-state index contributed by atoms with van der Waals surface area (Å²) in [7, 11) is 0. The molecule has 1 aromatic carbocycles. The smallest absolute Gasteiger partial charge is 0.224 e. The molecule has 0 radical (unpaired) electrons. The van der Waals surface area contributed by atoms with Gasteiger partial charge in [-0.25, -0.2) is 8.78 Å². The first-order valence-electron chi connectivity index (χ1n) is 6.82. The second-order valence-electron chi connectivity index (χ2n) is 4.90. The van der Waals surface area contributed by atoms with Crippen LogP contribution in [0.2, 0.25) is 0 Å². The zero-order chi connectivity index (χ0) is 15.9. The van der Waals surface area contributed by atoms with Crippen molar-refractivity contribution in [3.63, 3.8) is 0 Å². The number of pyridine rings is 1. The maximum atomic E-state index is 13.5. The Morgan fingerprint density at radius 3 is 2.64 bits per heavy atom. The van der Waals surface area contributed by atoms with Gasteiger partial charge in [0.1, 0.15) is 0 Å². The van der Waals surface area contributed by atoms with E-state index >= 15 is 0 Å². The third kappa shape index (κ3) is 4.33. The first-order valence-corrected chi connectivity index (χ1v) is 6.82. The van der Waals surface area contributed by atoms with Gasteiger partial charge < -0.3 is 10.4 Å². The molecule has 0 saturated heterocycles. The number of carbonyl (C=O) groups is 1. The summed E-state index contributed by atoms with van der Waals surface area (Å²) in [6.45, 7) is -0.250. The number of benzene rings is 1. The van der Waals surface area contributed by atoms with Crippen molar-refractivity contribution in [3.05, 3.63) is 65.5 Å². The van der Waals surface area contributed by atoms with Crippen LogP contribution in [0.1, 0.15) is 11.1 Å². The molecule has 22 heavy (non-hydrogen) atoms. The van der Waals surface area contributed by atoms with Gasteiger partial charge in [-0.2, -0.15) is 0 Å². The summed E-state index contributed by atoms with van der Waals surface area (Å²) in [4.78, 5) is 15.8. The standard InChI is InChI=1S/C16H16F2N2O2/c17-14-3-1-2-12(16(14)18)9-15(22)20-13(10-21)8-11-4-6-19-7-5-11/h1-7,13,21H,8-10H2,(H,20,22)/t13-/m0/s1. The number of nitrogens with zero attached hydrogens (tertiary/aromatic N) is 1. The summed E-state index contributed by atoms with van der Waals surface area (Å²) in [5.41, 5.74) is 0.893. The quantitative estimate of drug-likeness (QED) is 0.852. The van der Waals surface area contributed by atoms with Gasteiger partial charge in [-0.1, -0.05) is 12.1 Å². The minimum atomic E-state index is -1.02. The Bertz CT molecular complexity index is 635. The number of aliphatic hydroxyl groups is 1. The molecule has 0 saturated carbocycles. The number of carbonyl (C=O) groups excluding carboxylic acids is 1. The van der Waals surface area contributed by atoms with E-state index in [1.807, 2.05) is 0 Å². The topological polar surface area (TPSA) is 62.2 Å². The monoisotopic (exact) mass is 306 g/mol. The molecule has 0 spiro atoms. The predicted octanol–water partition coefficient (Wildman–Crippen LogP) is 1.62. The van der Waals surface area contributed by atoms with Crippen LogP contribution in [0.4, 0.5) is 8.78 Å². The molecule has 2 aromatic rings. The van der Waals surface area contributed by atoms with Crippen molar-refractivity contribution in [2.45, 2.75) is 18.9 Å². The van der Waals surface area contributed by atoms with Gasteiger partial charge in [0.05, 0.1) is 19.1 Å². The molecule has 0 aliphatic rings. The normalized spacial score (nSPS) is 12.0. The number of rotatable bonds is 6. The Labute approximate surface area is 126 Å². The highest BCUT2D eigenvalue weighted by Gasteiger charge is 2.15. The number of halogens is 2. The number of aliphatic hydroxyl groups excluding tert-OH is 1. The molecule has 2 rings (SSSR count). The number of nitrogens with one attached hydrogen (secondary N) is 1. The van der Waals surface area contributed by atoms with Crippen molar-refractivity contribution in [2.24, 2.45) is 0 Å². The molecule has 116 valence electrons. The highest BCUT2D eigenvalue weighted by atomic mass is 19.2. The van der Waals surface area contributed by atoms with Gasteiger partial charge >= 0.3 is 0 Å². The van der Waals surface area contributed by atoms with Crippen molar-refractivity contribution in [1.29, 1.82) is 0 Å². The van der Waals surface area contributed by atoms with Gasteiger partial charge in [0.25, 0.3) is 0 Å². The lowest BCUT2D eigenvalue weighted by molar-refractivity contribution is -0.121. The van der Waals surface area contributed by atoms with Crippen molar-refractivity contribution in [2.75, 3.05) is 6.61 Å². The summed E-state index contributed by atoms with van der Waals surface area (Å²) in [6, 6.07) is 6.77. The number of aromatic nitrogens is 1. The highest BCUT2D eigenvalue weighted by Crippen LogP contribution is 2.12. The van der Waals surface area contributed by atoms with Crippen LogP contribution in [0, 0.1) is 11.6 Å². The van der Waals surface area contributed by atoms with Crippen LogP contribution in [-0.2, 0) is 17.6 Å². The number of hydrogen-bond acceptors (Lipinski definition) is 3. The minimum absolute atomic E-state index is 0.0156. The van der Waals surface area contributed by atoms with Crippen molar-refractivity contribution < 1.29 is 18.7 Å². The molecule has 0 unspecified atom stereocenters. The highest BCUT2D eigenvalue weighted by molar-refractivity contribution is 5.79. The number of hydrogen-bond donors (Lipinski definition) is 2. The molecule has 4 nitrogen and oxygen atoms in total. The molecule has 0 aliphatic carbocycles. The lowest BCUT2D eigenvalue weighted by Crippen LogP contribution is -2.40. The van der Waals surface area contributed by atoms with Crippen LogP contribution in [0.15, 0.2) is 42.7 Å². The third-order valence-corrected chi connectivity index (χ3v) is 3.20. The first-order chi connectivity index (χ1) is 10.6. The van der Waals surface area contributed by atoms with Gasteiger partial charge in [0, 0.05) is 18.0 Å². The van der Waals surface area contributed by atoms with Gasteiger partial charge in [-0.05, 0) is 30.2 Å². The fraction of sp³-hybridized carbons (Fsp3) is 0.250. The van der Waals surface area contributed by atoms with E-state index in [1.54, 1.807) is 24.5 Å². The van der Waals surface area contributed by atoms with Crippen LogP contribution in [-0.4, -0.2) is 28.6 Å². The van der Waals surface area contributed by atoms with Gasteiger partial charge in [-0.15, -0.1) is 0 Å². The van der Waals surface area contributed by atoms with Gasteiger partial charge in [0.15, 0.2) is 11.6 Å². The predicted molar refractivity (Wildman–Crippen MR) is 77.0 cm³/mol. The largest absolute Gasteiger partial charge is 0.394 e. The van der Waals surface area contributed by atoms with E-state index in [1.165, 1.54) is 12.1 Å². The van der Waals surface area contributed by atoms with Crippen LogP contribution < -0.4 is 5.32 Å². The maximum Gasteiger partial charge on any atom is 0.224 e. The molecular formula is C16H16F2N2O2. The summed E-state index contributed by atoms with van der Waals surface area (Å²) < 4.78 is 26.6. The Morgan fingerprint density at radius 1 is 1.23 bits per heavy atom. The molecule has 0 fully saturated rings. The average Bonchev–Trinajstić information content (AvgIpc) is 2.52. The SMILES string of the molecule is O=C(Cc1cccc(F)c1F)N[C@H](CO)Cc1ccncc1. The molecule has 6 heteroatoms.